The van der Waals surface area contributed by atoms with E-state index in [0.717, 1.165) is 6.26 Å². The lowest BCUT2D eigenvalue weighted by molar-refractivity contribution is 0.104. The van der Waals surface area contributed by atoms with Crippen molar-refractivity contribution >= 4 is 16.2 Å². The molecule has 0 aliphatic carbocycles. The normalized spacial score (nSPS) is 21.8. The van der Waals surface area contributed by atoms with E-state index in [1.165, 1.54) is 11.0 Å². The summed E-state index contributed by atoms with van der Waals surface area (Å²) in [6, 6.07) is -0.241. The molecule has 2 heterocycles. The van der Waals surface area contributed by atoms with Gasteiger partial charge in [0.25, 0.3) is 10.1 Å². The topological polar surface area (TPSA) is 102 Å². The number of amides is 1. The molecule has 1 aliphatic rings. The Morgan fingerprint density at radius 3 is 3.00 bits per heavy atom. The lowest BCUT2D eigenvalue weighted by Crippen LogP contribution is -2.38. The first-order valence-electron chi connectivity index (χ1n) is 6.80. The Morgan fingerprint density at radius 2 is 2.41 bits per heavy atom. The lowest BCUT2D eigenvalue weighted by Gasteiger charge is -2.22. The molecule has 1 aliphatic heterocycles. The smallest absolute Gasteiger partial charge is 0.410 e. The van der Waals surface area contributed by atoms with Crippen LogP contribution >= 0.6 is 0 Å². The number of hydrogen-bond acceptors (Lipinski definition) is 6. The maximum atomic E-state index is 12.1. The zero-order valence-corrected chi connectivity index (χ0v) is 13.1. The monoisotopic (exact) mass is 329 g/mol. The molecule has 0 saturated carbocycles. The van der Waals surface area contributed by atoms with Crippen LogP contribution in [0.2, 0.25) is 0 Å². The second kappa shape index (κ2) is 6.93. The molecule has 8 nitrogen and oxygen atoms in total. The summed E-state index contributed by atoms with van der Waals surface area (Å²) in [4.78, 5) is 20.6. The van der Waals surface area contributed by atoms with Crippen molar-refractivity contribution < 1.29 is 22.1 Å². The van der Waals surface area contributed by atoms with Gasteiger partial charge in [-0.3, -0.25) is 4.18 Å². The zero-order valence-electron chi connectivity index (χ0n) is 12.3. The van der Waals surface area contributed by atoms with E-state index in [-0.39, 0.29) is 19.2 Å². The summed E-state index contributed by atoms with van der Waals surface area (Å²) in [7, 11) is -3.58. The number of nitrogens with one attached hydrogen (secondary N) is 1. The molecule has 9 heteroatoms. The number of ether oxygens (including phenoxy) is 1. The third kappa shape index (κ3) is 4.57. The summed E-state index contributed by atoms with van der Waals surface area (Å²) in [5.74, 6) is 0.714. The molecule has 1 N–H and O–H groups in total. The first kappa shape index (κ1) is 16.5. The Bertz CT molecular complexity index is 614. The molecule has 1 amide bonds. The molecule has 1 saturated heterocycles. The van der Waals surface area contributed by atoms with Crippen molar-refractivity contribution in [2.24, 2.45) is 0 Å². The van der Waals surface area contributed by atoms with Crippen LogP contribution in [0.4, 0.5) is 4.79 Å². The molecule has 0 radical (unpaired) electrons. The average Bonchev–Trinajstić information content (AvgIpc) is 3.04. The minimum Gasteiger partial charge on any atom is -0.445 e. The molecule has 2 atom stereocenters. The van der Waals surface area contributed by atoms with Gasteiger partial charge in [-0.25, -0.2) is 9.78 Å². The Hall–Kier alpha value is -1.87. The van der Waals surface area contributed by atoms with Crippen molar-refractivity contribution in [2.75, 3.05) is 19.4 Å². The summed E-state index contributed by atoms with van der Waals surface area (Å²) in [6.07, 6.45) is 5.55. The molecule has 2 rings (SSSR count). The molecule has 1 aromatic rings. The van der Waals surface area contributed by atoms with Gasteiger partial charge in [-0.05, 0) is 6.42 Å². The van der Waals surface area contributed by atoms with E-state index >= 15 is 0 Å². The third-order valence-corrected chi connectivity index (χ3v) is 3.85. The molecule has 0 aromatic carbocycles. The Balaban J connectivity index is 2.07. The first-order chi connectivity index (χ1) is 10.4. The van der Waals surface area contributed by atoms with Gasteiger partial charge in [-0.2, -0.15) is 8.42 Å². The van der Waals surface area contributed by atoms with Crippen LogP contribution in [0.5, 0.6) is 0 Å². The number of aromatic amines is 1. The van der Waals surface area contributed by atoms with Crippen LogP contribution in [0.25, 0.3) is 0 Å². The molecule has 122 valence electrons. The predicted molar refractivity (Wildman–Crippen MR) is 78.7 cm³/mol. The van der Waals surface area contributed by atoms with Crippen molar-refractivity contribution in [3.8, 4) is 0 Å². The standard InChI is InChI=1S/C13H19N3O5S/c1-3-6-20-13(17)16-9-11(21-22(2,18)19)7-10(16)8-12-14-4-5-15-12/h3-5,10-11H,1,6-9H2,2H3,(H,14,15). The van der Waals surface area contributed by atoms with E-state index in [1.54, 1.807) is 12.4 Å². The maximum absolute atomic E-state index is 12.1. The van der Waals surface area contributed by atoms with Crippen molar-refractivity contribution in [3.05, 3.63) is 30.9 Å². The molecule has 22 heavy (non-hydrogen) atoms. The Kier molecular flexibility index (Phi) is 5.19. The highest BCUT2D eigenvalue weighted by atomic mass is 32.2. The number of imidazole rings is 1. The lowest BCUT2D eigenvalue weighted by atomic mass is 10.1. The Labute approximate surface area is 129 Å². The molecular formula is C13H19N3O5S. The zero-order chi connectivity index (χ0) is 16.2. The second-order valence-corrected chi connectivity index (χ2v) is 6.67. The van der Waals surface area contributed by atoms with Gasteiger partial charge in [0.2, 0.25) is 0 Å². The molecular weight excluding hydrogens is 310 g/mol. The number of H-pyrrole nitrogens is 1. The van der Waals surface area contributed by atoms with Crippen LogP contribution in [-0.4, -0.2) is 60.9 Å². The maximum Gasteiger partial charge on any atom is 0.410 e. The number of nitrogens with zero attached hydrogens (tertiary/aromatic N) is 2. The highest BCUT2D eigenvalue weighted by Crippen LogP contribution is 2.24. The van der Waals surface area contributed by atoms with Crippen molar-refractivity contribution in [3.63, 3.8) is 0 Å². The van der Waals surface area contributed by atoms with Crippen LogP contribution in [-0.2, 0) is 25.5 Å². The van der Waals surface area contributed by atoms with Gasteiger partial charge in [0.15, 0.2) is 0 Å². The van der Waals surface area contributed by atoms with Gasteiger partial charge in [-0.1, -0.05) is 12.7 Å². The minimum absolute atomic E-state index is 0.0976. The highest BCUT2D eigenvalue weighted by Gasteiger charge is 2.38. The number of hydrogen-bond donors (Lipinski definition) is 1. The van der Waals surface area contributed by atoms with Crippen LogP contribution in [0.3, 0.4) is 0 Å². The van der Waals surface area contributed by atoms with E-state index in [2.05, 4.69) is 16.5 Å². The van der Waals surface area contributed by atoms with Crippen LogP contribution in [0.1, 0.15) is 12.2 Å². The van der Waals surface area contributed by atoms with Crippen molar-refractivity contribution in [2.45, 2.75) is 25.0 Å². The van der Waals surface area contributed by atoms with E-state index < -0.39 is 22.3 Å². The van der Waals surface area contributed by atoms with Gasteiger partial charge in [-0.15, -0.1) is 0 Å². The largest absolute Gasteiger partial charge is 0.445 e. The van der Waals surface area contributed by atoms with Crippen molar-refractivity contribution in [1.29, 1.82) is 0 Å². The van der Waals surface area contributed by atoms with Crippen LogP contribution < -0.4 is 0 Å². The highest BCUT2D eigenvalue weighted by molar-refractivity contribution is 7.86. The van der Waals surface area contributed by atoms with Crippen molar-refractivity contribution in [1.82, 2.24) is 14.9 Å². The van der Waals surface area contributed by atoms with Gasteiger partial charge < -0.3 is 14.6 Å². The SMILES string of the molecule is C=CCOC(=O)N1CC(OS(C)(=O)=O)CC1Cc1ncc[nH]1. The molecule has 0 spiro atoms. The fraction of sp³-hybridized carbons (Fsp3) is 0.538. The second-order valence-electron chi connectivity index (χ2n) is 5.07. The third-order valence-electron chi connectivity index (χ3n) is 3.23. The predicted octanol–water partition coefficient (Wildman–Crippen LogP) is 0.694. The van der Waals surface area contributed by atoms with Crippen LogP contribution in [0, 0.1) is 0 Å². The first-order valence-corrected chi connectivity index (χ1v) is 8.61. The van der Waals surface area contributed by atoms with Gasteiger partial charge in [0.1, 0.15) is 12.4 Å². The Morgan fingerprint density at radius 1 is 1.64 bits per heavy atom. The van der Waals surface area contributed by atoms with E-state index in [1.807, 2.05) is 0 Å². The number of carbonyl (C=O) groups is 1. The fourth-order valence-electron chi connectivity index (χ4n) is 2.45. The number of rotatable bonds is 6. The molecule has 2 unspecified atom stereocenters. The summed E-state index contributed by atoms with van der Waals surface area (Å²) >= 11 is 0. The summed E-state index contributed by atoms with van der Waals surface area (Å²) < 4.78 is 32.6. The molecule has 0 bridgehead atoms. The van der Waals surface area contributed by atoms with E-state index in [9.17, 15) is 13.2 Å². The minimum atomic E-state index is -3.58. The quantitative estimate of drug-likeness (QED) is 0.609. The van der Waals surface area contributed by atoms with Crippen LogP contribution in [0.15, 0.2) is 25.0 Å². The molecule has 1 fully saturated rings. The van der Waals surface area contributed by atoms with Gasteiger partial charge >= 0.3 is 6.09 Å². The summed E-state index contributed by atoms with van der Waals surface area (Å²) in [6.45, 7) is 3.75. The van der Waals surface area contributed by atoms with Gasteiger partial charge in [0, 0.05) is 24.9 Å². The van der Waals surface area contributed by atoms with E-state index in [4.69, 9.17) is 8.92 Å². The molecule has 1 aromatic heterocycles. The number of aromatic nitrogens is 2. The summed E-state index contributed by atoms with van der Waals surface area (Å²) in [5, 5.41) is 0. The van der Waals surface area contributed by atoms with E-state index in [0.29, 0.717) is 18.7 Å². The fourth-order valence-corrected chi connectivity index (χ4v) is 3.09. The van der Waals surface area contributed by atoms with Gasteiger partial charge in [0.05, 0.1) is 18.9 Å². The summed E-state index contributed by atoms with van der Waals surface area (Å²) in [5.41, 5.74) is 0. The number of carbonyl (C=O) groups excluding carboxylic acids is 1. The average molecular weight is 329 g/mol. The number of likely N-dealkylation sites (tertiary alicyclic amines) is 1.